The number of phenols is 2. The third-order valence-corrected chi connectivity index (χ3v) is 26.0. The van der Waals surface area contributed by atoms with Gasteiger partial charge in [-0.2, -0.15) is 0 Å². The van der Waals surface area contributed by atoms with E-state index in [9.17, 15) is 53.3 Å². The Labute approximate surface area is 789 Å². The number of carbonyl (C=O) groups excluding carboxylic acids is 14. The van der Waals surface area contributed by atoms with E-state index in [0.29, 0.717) is 81.9 Å². The number of para-hydroxylation sites is 1. The predicted octanol–water partition coefficient (Wildman–Crippen LogP) is 3.76. The van der Waals surface area contributed by atoms with E-state index in [-0.39, 0.29) is 101 Å². The molecule has 0 aliphatic carbocycles. The number of aliphatic carboxylic acids is 1. The molecule has 728 valence electrons. The zero-order chi connectivity index (χ0) is 98.3. The van der Waals surface area contributed by atoms with Gasteiger partial charge in [0.15, 0.2) is 17.5 Å². The molecule has 0 saturated carbocycles. The van der Waals surface area contributed by atoms with Crippen molar-refractivity contribution < 1.29 is 105 Å². The minimum Gasteiger partial charge on any atom is -0.508 e. The van der Waals surface area contributed by atoms with Crippen LogP contribution in [0.2, 0.25) is 0 Å². The number of phenolic OH excluding ortho intramolecular Hbond substituents is 2. The Morgan fingerprint density at radius 3 is 1.67 bits per heavy atom. The van der Waals surface area contributed by atoms with Crippen LogP contribution < -0.4 is 53.6 Å². The molecule has 7 aromatic rings. The number of thioether (sulfide) groups is 1. The third kappa shape index (κ3) is 27.5. The zero-order valence-electron chi connectivity index (χ0n) is 76.7. The largest absolute Gasteiger partial charge is 0.508 e. The lowest BCUT2D eigenvalue weighted by atomic mass is 9.97. The van der Waals surface area contributed by atoms with Crippen molar-refractivity contribution in [1.29, 1.82) is 0 Å². The van der Waals surface area contributed by atoms with Crippen LogP contribution in [0.15, 0.2) is 152 Å². The van der Waals surface area contributed by atoms with Gasteiger partial charge in [-0.1, -0.05) is 150 Å². The van der Waals surface area contributed by atoms with Gasteiger partial charge in [-0.25, -0.2) is 13.2 Å². The molecule has 15 N–H and O–H groups in total. The molecule has 35 nitrogen and oxygen atoms in total. The van der Waals surface area contributed by atoms with Crippen LogP contribution in [0, 0.1) is 23.4 Å². The number of hydrogen-bond acceptors (Lipinski definition) is 20. The Hall–Kier alpha value is -13.4. The number of nitrogens with one attached hydrogen (secondary N) is 10. The van der Waals surface area contributed by atoms with Crippen molar-refractivity contribution in [3.63, 3.8) is 0 Å². The summed E-state index contributed by atoms with van der Waals surface area (Å²) in [6.07, 6.45) is -0.984. The number of halogens is 3. The Kier molecular flexibility index (Phi) is 36.5. The lowest BCUT2D eigenvalue weighted by molar-refractivity contribution is -0.152. The first-order valence-electron chi connectivity index (χ1n) is 45.6. The van der Waals surface area contributed by atoms with Gasteiger partial charge in [0.25, 0.3) is 0 Å². The first-order valence-corrected chi connectivity index (χ1v) is 46.8. The fraction of sp³-hybridized carbons (Fsp3) is 0.454. The van der Waals surface area contributed by atoms with Crippen LogP contribution in [-0.2, 0) is 115 Å². The van der Waals surface area contributed by atoms with Crippen LogP contribution >= 0.6 is 11.8 Å². The minimum absolute atomic E-state index is 0.0227. The molecule has 4 aliphatic rings. The lowest BCUT2D eigenvalue weighted by Crippen LogP contribution is -2.61. The summed E-state index contributed by atoms with van der Waals surface area (Å²) >= 11 is 0.692. The number of aromatic nitrogens is 1. The van der Waals surface area contributed by atoms with E-state index in [4.69, 9.17) is 10.5 Å². The molecule has 0 spiro atoms. The molecular formula is C97H119F3N16O19S. The summed E-state index contributed by atoms with van der Waals surface area (Å²) in [5.74, 6) is -21.6. The van der Waals surface area contributed by atoms with Crippen LogP contribution in [0.1, 0.15) is 125 Å². The number of fused-ring (bicyclic) bond motifs is 5. The number of rotatable bonds is 23. The molecule has 6 aromatic carbocycles. The van der Waals surface area contributed by atoms with Gasteiger partial charge in [-0.3, -0.25) is 76.8 Å². The van der Waals surface area contributed by atoms with Gasteiger partial charge in [-0.05, 0) is 127 Å². The van der Waals surface area contributed by atoms with Gasteiger partial charge in [0.2, 0.25) is 82.7 Å². The summed E-state index contributed by atoms with van der Waals surface area (Å²) in [5, 5.41) is 56.4. The highest BCUT2D eigenvalue weighted by atomic mass is 32.2. The number of nitrogens with zero attached hydrogens (tertiary/aromatic N) is 5. The van der Waals surface area contributed by atoms with Crippen LogP contribution in [-0.4, -0.2) is 277 Å². The van der Waals surface area contributed by atoms with E-state index in [1.807, 2.05) is 19.1 Å². The highest BCUT2D eigenvalue weighted by Crippen LogP contribution is 2.37. The summed E-state index contributed by atoms with van der Waals surface area (Å²) in [4.78, 5) is 232. The lowest BCUT2D eigenvalue weighted by Gasteiger charge is -2.38. The first-order chi connectivity index (χ1) is 65.0. The Bertz CT molecular complexity index is 5430. The van der Waals surface area contributed by atoms with Crippen molar-refractivity contribution in [3.05, 3.63) is 203 Å². The van der Waals surface area contributed by atoms with E-state index in [1.54, 1.807) is 117 Å². The quantitative estimate of drug-likeness (QED) is 0.0320. The second-order valence-corrected chi connectivity index (χ2v) is 36.3. The second kappa shape index (κ2) is 48.2. The molecule has 4 saturated heterocycles. The monoisotopic (exact) mass is 1900 g/mol. The molecule has 5 heterocycles. The van der Waals surface area contributed by atoms with Crippen molar-refractivity contribution >= 4 is 111 Å². The van der Waals surface area contributed by atoms with Gasteiger partial charge in [-0.15, -0.1) is 11.8 Å². The molecule has 4 aliphatic heterocycles. The fourth-order valence-corrected chi connectivity index (χ4v) is 18.3. The number of nitrogens with two attached hydrogens (primary N) is 1. The number of epoxide rings is 1. The molecule has 0 radical (unpaired) electrons. The molecule has 11 rings (SSSR count). The molecule has 15 atom stereocenters. The average molecular weight is 1900 g/mol. The molecule has 4 fully saturated rings. The smallest absolute Gasteiger partial charge is 0.305 e. The van der Waals surface area contributed by atoms with Crippen molar-refractivity contribution in [2.75, 3.05) is 52.3 Å². The number of benzene rings is 6. The van der Waals surface area contributed by atoms with E-state index in [1.165, 1.54) is 62.4 Å². The summed E-state index contributed by atoms with van der Waals surface area (Å²) in [6.45, 7) is 6.15. The Morgan fingerprint density at radius 2 is 1.05 bits per heavy atom. The van der Waals surface area contributed by atoms with Crippen LogP contribution in [0.3, 0.4) is 0 Å². The number of hydrogen-bond donors (Lipinski definition) is 14. The maximum absolute atomic E-state index is 15.7. The molecule has 136 heavy (non-hydrogen) atoms. The number of H-pyrrole nitrogens is 1. The maximum Gasteiger partial charge on any atom is 0.305 e. The molecule has 5 unspecified atom stereocenters. The number of aromatic amines is 1. The van der Waals surface area contributed by atoms with Crippen LogP contribution in [0.25, 0.3) is 10.9 Å². The number of ether oxygens (including phenoxy) is 1. The number of unbranched alkanes of at least 4 members (excludes halogenated alkanes) is 1. The highest BCUT2D eigenvalue weighted by Gasteiger charge is 2.54. The first kappa shape index (κ1) is 103. The number of carbonyl (C=O) groups is 15. The van der Waals surface area contributed by atoms with Gasteiger partial charge in [0, 0.05) is 89.2 Å². The number of carboxylic acids is 1. The maximum atomic E-state index is 15.7. The van der Waals surface area contributed by atoms with Gasteiger partial charge < -0.3 is 98.2 Å². The number of likely N-dealkylation sites (N-methyl/N-ethyl adjacent to an activating group) is 3. The molecule has 39 heteroatoms. The SMILES string of the molecule is CCCC[C@H]1C(=O)N2CCC[C@@H]2C(=O)N[C@@H](CC(=O)O)C(=O)N[C@@H](C(C)C)C(=O)N(C)C(Cc2ccccc2)C(=O)N[C@@H](Cc2ccc(O)cc2)C2OC2N2CCCC2C(=O)N[C@@H](Cc2c[nH]c3ccccc23)C(=O)N[C@@H](Cc2ccc(O)cc2)C(=O)N[C@@H](CCC)C(=O)N[C@H](C(=O)NCC(N)=O)CSCC(=O)N[C@@H](Cc2cc(F)c(F)c(F)c2)C(=O)N(C)C(Cc2ccccc2)C(=O)N1C. The van der Waals surface area contributed by atoms with Crippen LogP contribution in [0.5, 0.6) is 11.5 Å². The summed E-state index contributed by atoms with van der Waals surface area (Å²) in [6, 6.07) is 18.1. The average Bonchev–Trinajstić information content (AvgIpc) is 1.60. The normalized spacial score (nSPS) is 24.8. The van der Waals surface area contributed by atoms with Crippen molar-refractivity contribution in [1.82, 2.24) is 77.3 Å². The fourth-order valence-electron chi connectivity index (χ4n) is 17.5. The summed E-state index contributed by atoms with van der Waals surface area (Å²) < 4.78 is 51.7. The van der Waals surface area contributed by atoms with E-state index in [2.05, 4.69) is 52.8 Å². The van der Waals surface area contributed by atoms with Gasteiger partial charge in [0.1, 0.15) is 90.3 Å². The number of amides is 14. The van der Waals surface area contributed by atoms with Crippen molar-refractivity contribution in [2.45, 2.75) is 221 Å². The van der Waals surface area contributed by atoms with Crippen molar-refractivity contribution in [2.24, 2.45) is 11.7 Å². The minimum atomic E-state index is -1.91. The third-order valence-electron chi connectivity index (χ3n) is 25.0. The Balaban J connectivity index is 0.969. The van der Waals surface area contributed by atoms with E-state index in [0.717, 1.165) is 14.7 Å². The molecular weight excluding hydrogens is 1780 g/mol. The van der Waals surface area contributed by atoms with Gasteiger partial charge >= 0.3 is 5.97 Å². The second-order valence-electron chi connectivity index (χ2n) is 35.2. The predicted molar refractivity (Wildman–Crippen MR) is 495 cm³/mol. The number of aromatic hydroxyl groups is 2. The van der Waals surface area contributed by atoms with Gasteiger partial charge in [0.05, 0.1) is 30.8 Å². The number of carboxylic acid groups (broad SMARTS) is 1. The topological polar surface area (TPSA) is 496 Å². The highest BCUT2D eigenvalue weighted by molar-refractivity contribution is 8.00. The molecule has 0 bridgehead atoms. The molecule has 14 amide bonds. The number of primary amides is 1. The van der Waals surface area contributed by atoms with Crippen LogP contribution in [0.4, 0.5) is 13.2 Å². The zero-order valence-corrected chi connectivity index (χ0v) is 77.6. The van der Waals surface area contributed by atoms with E-state index < -0.39 is 234 Å². The molecule has 1 aromatic heterocycles. The van der Waals surface area contributed by atoms with E-state index >= 15 is 47.1 Å². The standard InChI is InChI=1S/C97H119F3N16O19S/c1-8-10-28-76-95(133)115-39-19-29-74(115)90(128)109-71(49-81(121)122)89(127)111-83(54(3)4)96(134)113(6)77(46-55-22-13-11-14-23-55)92(130)106-68(43-57-31-35-61(117)36-32-57)84-97(135-84)116-40-20-30-75(116)91(129)108-70(48-60-50-102-66-27-18-17-26-63(60)66)88(126)107-69(44-58-33-37-62(118)38-34-58)87(125)105-67(21-9-2)86(124)110-73(85(123)103-51-79(101)119)52-136-53-80(120)104-72(45-59-41-64(98)82(100)65(99)42-59)93(131)114(7)78(94(132)112(76)5)47-56-24-15-12-16-25-56/h11-18,22-27,31-38,41-42,50,54,67-78,83-84,97,102,117-118H,8-10,19-21,28-30,39-40,43-49,51-53H2,1-7H3,(H2,101,119)(H,103,123)(H,104,120)(H,105,125)(H,106,130)(H,107,126)(H,108,129)(H,109,128)(H,110,124)(H,111,127)(H,121,122)/t67-,68-,69-,70-,71-,72-,73-,74+,75?,76-,77?,78?,83-,84?,97?/m0/s1. The Morgan fingerprint density at radius 1 is 0.522 bits per heavy atom. The summed E-state index contributed by atoms with van der Waals surface area (Å²) in [7, 11) is 3.88. The summed E-state index contributed by atoms with van der Waals surface area (Å²) in [5.41, 5.74) is 8.45. The van der Waals surface area contributed by atoms with Crippen molar-refractivity contribution in [3.8, 4) is 11.5 Å².